The maximum atomic E-state index is 13.4. The minimum absolute atomic E-state index is 0.226. The number of hydrogen-bond donors (Lipinski definition) is 2. The zero-order chi connectivity index (χ0) is 13.8. The summed E-state index contributed by atoms with van der Waals surface area (Å²) in [7, 11) is 0. The van der Waals surface area contributed by atoms with Gasteiger partial charge in [-0.05, 0) is 31.2 Å². The predicted octanol–water partition coefficient (Wildman–Crippen LogP) is 2.38. The lowest BCUT2D eigenvalue weighted by Crippen LogP contribution is -2.18. The van der Waals surface area contributed by atoms with Gasteiger partial charge in [-0.1, -0.05) is 15.9 Å². The van der Waals surface area contributed by atoms with E-state index in [-0.39, 0.29) is 11.3 Å². The quantitative estimate of drug-likeness (QED) is 0.672. The molecule has 2 aromatic rings. The molecule has 5 nitrogen and oxygen atoms in total. The molecule has 2 rings (SSSR count). The standard InChI is InChI=1S/C12H10BrFN4O/c1-7-4-11(17-16-7)12(19)18-15-6-8-5-9(13)2-3-10(8)14/h2-6H,1H3,(H,16,17)(H,18,19)/b15-6+. The highest BCUT2D eigenvalue weighted by atomic mass is 79.9. The fraction of sp³-hybridized carbons (Fsp3) is 0.0833. The second-order valence-electron chi connectivity index (χ2n) is 3.80. The number of rotatable bonds is 3. The Morgan fingerprint density at radius 2 is 2.32 bits per heavy atom. The minimum atomic E-state index is -0.462. The maximum absolute atomic E-state index is 13.4. The van der Waals surface area contributed by atoms with Crippen LogP contribution in [-0.2, 0) is 0 Å². The number of carbonyl (C=O) groups is 1. The summed E-state index contributed by atoms with van der Waals surface area (Å²) in [5.41, 5.74) is 3.54. The molecule has 7 heteroatoms. The molecule has 19 heavy (non-hydrogen) atoms. The van der Waals surface area contributed by atoms with Gasteiger partial charge in [0.15, 0.2) is 5.69 Å². The van der Waals surface area contributed by atoms with Crippen molar-refractivity contribution in [2.45, 2.75) is 6.92 Å². The second-order valence-corrected chi connectivity index (χ2v) is 4.72. The smallest absolute Gasteiger partial charge is 0.282 e. The van der Waals surface area contributed by atoms with Gasteiger partial charge in [0, 0.05) is 15.7 Å². The molecule has 1 aromatic heterocycles. The van der Waals surface area contributed by atoms with Crippen LogP contribution in [0.5, 0.6) is 0 Å². The van der Waals surface area contributed by atoms with Crippen LogP contribution in [0.3, 0.4) is 0 Å². The van der Waals surface area contributed by atoms with E-state index < -0.39 is 11.7 Å². The SMILES string of the molecule is Cc1cc(C(=O)N/N=C/c2cc(Br)ccc2F)n[nH]1. The van der Waals surface area contributed by atoms with E-state index in [1.807, 2.05) is 0 Å². The van der Waals surface area contributed by atoms with Crippen LogP contribution in [0.1, 0.15) is 21.7 Å². The zero-order valence-corrected chi connectivity index (χ0v) is 11.5. The molecule has 0 bridgehead atoms. The summed E-state index contributed by atoms with van der Waals surface area (Å²) < 4.78 is 14.1. The molecule has 0 aliphatic heterocycles. The largest absolute Gasteiger partial charge is 0.291 e. The topological polar surface area (TPSA) is 70.1 Å². The van der Waals surface area contributed by atoms with Crippen LogP contribution in [0.2, 0.25) is 0 Å². The van der Waals surface area contributed by atoms with E-state index in [2.05, 4.69) is 36.7 Å². The minimum Gasteiger partial charge on any atom is -0.282 e. The van der Waals surface area contributed by atoms with Crippen molar-refractivity contribution in [3.05, 3.63) is 51.5 Å². The van der Waals surface area contributed by atoms with Crippen LogP contribution in [0.25, 0.3) is 0 Å². The average molecular weight is 325 g/mol. The molecule has 0 unspecified atom stereocenters. The molecular weight excluding hydrogens is 315 g/mol. The lowest BCUT2D eigenvalue weighted by molar-refractivity contribution is 0.0950. The van der Waals surface area contributed by atoms with Crippen LogP contribution in [0.15, 0.2) is 33.8 Å². The fourth-order valence-corrected chi connectivity index (χ4v) is 1.74. The lowest BCUT2D eigenvalue weighted by Gasteiger charge is -1.98. The van der Waals surface area contributed by atoms with Crippen molar-refractivity contribution >= 4 is 28.1 Å². The first kappa shape index (κ1) is 13.4. The van der Waals surface area contributed by atoms with Crippen LogP contribution in [0, 0.1) is 12.7 Å². The molecule has 0 aliphatic carbocycles. The Kier molecular flexibility index (Phi) is 4.06. The van der Waals surface area contributed by atoms with Crippen LogP contribution >= 0.6 is 15.9 Å². The summed E-state index contributed by atoms with van der Waals surface area (Å²) in [6.07, 6.45) is 1.23. The van der Waals surface area contributed by atoms with Gasteiger partial charge in [0.25, 0.3) is 5.91 Å². The number of aromatic amines is 1. The second kappa shape index (κ2) is 5.75. The lowest BCUT2D eigenvalue weighted by atomic mass is 10.2. The molecule has 1 amide bonds. The number of nitrogens with one attached hydrogen (secondary N) is 2. The van der Waals surface area contributed by atoms with E-state index in [0.29, 0.717) is 0 Å². The van der Waals surface area contributed by atoms with Gasteiger partial charge in [0.2, 0.25) is 0 Å². The third-order valence-corrected chi connectivity index (χ3v) is 2.76. The number of halogens is 2. The normalized spacial score (nSPS) is 10.9. The van der Waals surface area contributed by atoms with Crippen molar-refractivity contribution in [3.8, 4) is 0 Å². The molecule has 0 radical (unpaired) electrons. The van der Waals surface area contributed by atoms with Crippen molar-refractivity contribution in [2.24, 2.45) is 5.10 Å². The number of aromatic nitrogens is 2. The number of H-pyrrole nitrogens is 1. The molecule has 0 saturated carbocycles. The Morgan fingerprint density at radius 3 is 3.00 bits per heavy atom. The van der Waals surface area contributed by atoms with E-state index in [0.717, 1.165) is 10.2 Å². The summed E-state index contributed by atoms with van der Waals surface area (Å²) in [5.74, 6) is -0.882. The monoisotopic (exact) mass is 324 g/mol. The number of carbonyl (C=O) groups excluding carboxylic acids is 1. The van der Waals surface area contributed by atoms with E-state index in [9.17, 15) is 9.18 Å². The molecule has 0 aliphatic rings. The van der Waals surface area contributed by atoms with Crippen molar-refractivity contribution in [1.82, 2.24) is 15.6 Å². The first-order chi connectivity index (χ1) is 9.06. The molecule has 98 valence electrons. The molecule has 1 heterocycles. The Labute approximate surface area is 117 Å². The molecular formula is C12H10BrFN4O. The Morgan fingerprint density at radius 1 is 1.53 bits per heavy atom. The molecule has 0 saturated heterocycles. The van der Waals surface area contributed by atoms with Gasteiger partial charge in [-0.2, -0.15) is 10.2 Å². The third-order valence-electron chi connectivity index (χ3n) is 2.27. The fourth-order valence-electron chi connectivity index (χ4n) is 1.37. The van der Waals surface area contributed by atoms with Crippen molar-refractivity contribution in [3.63, 3.8) is 0 Å². The Balaban J connectivity index is 2.04. The summed E-state index contributed by atoms with van der Waals surface area (Å²) in [6, 6.07) is 6.04. The first-order valence-corrected chi connectivity index (χ1v) is 6.16. The average Bonchev–Trinajstić information content (AvgIpc) is 2.80. The van der Waals surface area contributed by atoms with E-state index in [1.165, 1.54) is 12.3 Å². The molecule has 2 N–H and O–H groups in total. The number of hydrogen-bond acceptors (Lipinski definition) is 3. The summed E-state index contributed by atoms with van der Waals surface area (Å²) >= 11 is 3.23. The number of nitrogens with zero attached hydrogens (tertiary/aromatic N) is 2. The summed E-state index contributed by atoms with van der Waals surface area (Å²) in [4.78, 5) is 11.6. The molecule has 0 atom stereocenters. The maximum Gasteiger partial charge on any atom is 0.291 e. The van der Waals surface area contributed by atoms with Gasteiger partial charge < -0.3 is 0 Å². The highest BCUT2D eigenvalue weighted by Crippen LogP contribution is 2.13. The zero-order valence-electron chi connectivity index (χ0n) is 9.95. The van der Waals surface area contributed by atoms with Crippen LogP contribution in [0.4, 0.5) is 4.39 Å². The van der Waals surface area contributed by atoms with Gasteiger partial charge in [0.1, 0.15) is 5.82 Å². The summed E-state index contributed by atoms with van der Waals surface area (Å²) in [6.45, 7) is 1.78. The van der Waals surface area contributed by atoms with Gasteiger partial charge in [-0.3, -0.25) is 9.89 Å². The highest BCUT2D eigenvalue weighted by Gasteiger charge is 2.07. The van der Waals surface area contributed by atoms with Crippen LogP contribution < -0.4 is 5.43 Å². The van der Waals surface area contributed by atoms with Crippen molar-refractivity contribution in [1.29, 1.82) is 0 Å². The van der Waals surface area contributed by atoms with Crippen molar-refractivity contribution < 1.29 is 9.18 Å². The molecule has 0 spiro atoms. The molecule has 1 aromatic carbocycles. The number of amides is 1. The summed E-state index contributed by atoms with van der Waals surface area (Å²) in [5, 5.41) is 10.1. The van der Waals surface area contributed by atoms with Gasteiger partial charge in [0.05, 0.1) is 6.21 Å². The van der Waals surface area contributed by atoms with E-state index >= 15 is 0 Å². The number of benzene rings is 1. The number of hydrazone groups is 1. The van der Waals surface area contributed by atoms with E-state index in [1.54, 1.807) is 25.1 Å². The Hall–Kier alpha value is -2.02. The van der Waals surface area contributed by atoms with E-state index in [4.69, 9.17) is 0 Å². The van der Waals surface area contributed by atoms with Crippen LogP contribution in [-0.4, -0.2) is 22.3 Å². The van der Waals surface area contributed by atoms with Gasteiger partial charge >= 0.3 is 0 Å². The Bertz CT molecular complexity index is 638. The number of aryl methyl sites for hydroxylation is 1. The highest BCUT2D eigenvalue weighted by molar-refractivity contribution is 9.10. The van der Waals surface area contributed by atoms with Gasteiger partial charge in [-0.15, -0.1) is 0 Å². The first-order valence-electron chi connectivity index (χ1n) is 5.37. The predicted molar refractivity (Wildman–Crippen MR) is 72.5 cm³/mol. The van der Waals surface area contributed by atoms with Crippen molar-refractivity contribution in [2.75, 3.05) is 0 Å². The van der Waals surface area contributed by atoms with Gasteiger partial charge in [-0.25, -0.2) is 9.82 Å². The molecule has 0 fully saturated rings. The third kappa shape index (κ3) is 3.47.